The fraction of sp³-hybridized carbons (Fsp3) is 0.583. The molecule has 2 rings (SSSR count). The Balaban J connectivity index is 1.97. The van der Waals surface area contributed by atoms with E-state index >= 15 is 0 Å². The quantitative estimate of drug-likeness (QED) is 0.882. The summed E-state index contributed by atoms with van der Waals surface area (Å²) in [5.41, 5.74) is 0.923. The summed E-state index contributed by atoms with van der Waals surface area (Å²) >= 11 is 5.99. The molecular formula is C12H16ClNO2. The molecule has 1 N–H and O–H groups in total. The van der Waals surface area contributed by atoms with Gasteiger partial charge in [-0.15, -0.1) is 0 Å². The number of aliphatic hydroxyl groups excluding tert-OH is 1. The average Bonchev–Trinajstić information content (AvgIpc) is 2.68. The smallest absolute Gasteiger partial charge is 0.0842 e. The Morgan fingerprint density at radius 3 is 3.06 bits per heavy atom. The van der Waals surface area contributed by atoms with Gasteiger partial charge < -0.3 is 9.84 Å². The highest BCUT2D eigenvalue weighted by Gasteiger charge is 2.28. The molecule has 1 aromatic rings. The molecule has 3 unspecified atom stereocenters. The lowest BCUT2D eigenvalue weighted by Gasteiger charge is -2.18. The molecule has 1 fully saturated rings. The summed E-state index contributed by atoms with van der Waals surface area (Å²) in [4.78, 5) is 3.92. The summed E-state index contributed by atoms with van der Waals surface area (Å²) in [5, 5.41) is 10.6. The lowest BCUT2D eigenvalue weighted by atomic mass is 10.0. The van der Waals surface area contributed by atoms with Crippen molar-refractivity contribution in [3.63, 3.8) is 0 Å². The fourth-order valence-corrected chi connectivity index (χ4v) is 2.24. The molecule has 3 atom stereocenters. The van der Waals surface area contributed by atoms with Crippen LogP contribution in [0.1, 0.15) is 25.3 Å². The summed E-state index contributed by atoms with van der Waals surface area (Å²) in [5.74, 6) is 0. The van der Waals surface area contributed by atoms with Crippen molar-refractivity contribution < 1.29 is 9.84 Å². The number of rotatable bonds is 3. The van der Waals surface area contributed by atoms with Crippen molar-refractivity contribution in [1.29, 1.82) is 0 Å². The van der Waals surface area contributed by atoms with Gasteiger partial charge in [-0.3, -0.25) is 4.98 Å². The van der Waals surface area contributed by atoms with E-state index in [1.54, 1.807) is 12.4 Å². The Bertz CT molecular complexity index is 359. The molecule has 1 aliphatic heterocycles. The van der Waals surface area contributed by atoms with E-state index < -0.39 is 6.10 Å². The molecule has 1 aliphatic rings. The Morgan fingerprint density at radius 1 is 1.62 bits per heavy atom. The van der Waals surface area contributed by atoms with Crippen LogP contribution in [0.5, 0.6) is 0 Å². The van der Waals surface area contributed by atoms with E-state index in [0.29, 0.717) is 11.4 Å². The maximum absolute atomic E-state index is 10.0. The van der Waals surface area contributed by atoms with Gasteiger partial charge in [-0.05, 0) is 31.4 Å². The van der Waals surface area contributed by atoms with Gasteiger partial charge >= 0.3 is 0 Å². The van der Waals surface area contributed by atoms with E-state index in [-0.39, 0.29) is 12.2 Å². The van der Waals surface area contributed by atoms with E-state index in [2.05, 4.69) is 4.98 Å². The zero-order valence-electron chi connectivity index (χ0n) is 9.27. The molecule has 4 heteroatoms. The normalized spacial score (nSPS) is 26.9. The van der Waals surface area contributed by atoms with Crippen LogP contribution in [-0.2, 0) is 11.2 Å². The summed E-state index contributed by atoms with van der Waals surface area (Å²) < 4.78 is 5.63. The zero-order chi connectivity index (χ0) is 11.5. The number of nitrogens with zero attached hydrogens (tertiary/aromatic N) is 1. The molecule has 0 bridgehead atoms. The van der Waals surface area contributed by atoms with Gasteiger partial charge in [0.1, 0.15) is 0 Å². The number of hydrogen-bond acceptors (Lipinski definition) is 3. The Morgan fingerprint density at radius 2 is 2.44 bits per heavy atom. The summed E-state index contributed by atoms with van der Waals surface area (Å²) in [6, 6.07) is 1.84. The first-order chi connectivity index (χ1) is 7.66. The van der Waals surface area contributed by atoms with Crippen LogP contribution in [0.4, 0.5) is 0 Å². The zero-order valence-corrected chi connectivity index (χ0v) is 10.0. The molecule has 1 saturated heterocycles. The molecule has 16 heavy (non-hydrogen) atoms. The lowest BCUT2D eigenvalue weighted by molar-refractivity contribution is -0.0278. The Labute approximate surface area is 100 Å². The van der Waals surface area contributed by atoms with E-state index in [1.165, 1.54) is 0 Å². The predicted octanol–water partition coefficient (Wildman–Crippen LogP) is 2.21. The standard InChI is InChI=1S/C12H16ClNO2/c1-8-2-3-12(16-8)11(15)6-9-4-5-14-7-10(9)13/h4-5,7-8,11-12,15H,2-3,6H2,1H3. The second-order valence-electron chi connectivity index (χ2n) is 4.30. The number of aliphatic hydroxyl groups is 1. The number of hydrogen-bond donors (Lipinski definition) is 1. The minimum absolute atomic E-state index is 0.0563. The predicted molar refractivity (Wildman–Crippen MR) is 62.5 cm³/mol. The Hall–Kier alpha value is -0.640. The summed E-state index contributed by atoms with van der Waals surface area (Å²) in [6.45, 7) is 2.03. The molecule has 3 nitrogen and oxygen atoms in total. The van der Waals surface area contributed by atoms with Crippen LogP contribution >= 0.6 is 11.6 Å². The van der Waals surface area contributed by atoms with Gasteiger partial charge in [0.05, 0.1) is 23.3 Å². The second-order valence-corrected chi connectivity index (χ2v) is 4.71. The van der Waals surface area contributed by atoms with Crippen molar-refractivity contribution in [2.75, 3.05) is 0 Å². The molecule has 0 amide bonds. The van der Waals surface area contributed by atoms with Crippen molar-refractivity contribution in [3.05, 3.63) is 29.0 Å². The molecule has 0 aromatic carbocycles. The highest BCUT2D eigenvalue weighted by molar-refractivity contribution is 6.31. The molecule has 0 spiro atoms. The van der Waals surface area contributed by atoms with Crippen LogP contribution < -0.4 is 0 Å². The third-order valence-electron chi connectivity index (χ3n) is 2.98. The van der Waals surface area contributed by atoms with Gasteiger partial charge in [-0.1, -0.05) is 11.6 Å². The van der Waals surface area contributed by atoms with Gasteiger partial charge in [0, 0.05) is 18.8 Å². The first-order valence-corrected chi connectivity index (χ1v) is 5.96. The molecule has 0 aliphatic carbocycles. The first kappa shape index (κ1) is 11.8. The van der Waals surface area contributed by atoms with Crippen LogP contribution in [0.25, 0.3) is 0 Å². The number of aromatic nitrogens is 1. The van der Waals surface area contributed by atoms with Crippen molar-refractivity contribution in [3.8, 4) is 0 Å². The molecule has 1 aromatic heterocycles. The van der Waals surface area contributed by atoms with Gasteiger partial charge in [-0.2, -0.15) is 0 Å². The van der Waals surface area contributed by atoms with Crippen LogP contribution in [0.15, 0.2) is 18.5 Å². The summed E-state index contributed by atoms with van der Waals surface area (Å²) in [6.07, 6.45) is 5.47. The van der Waals surface area contributed by atoms with E-state index in [0.717, 1.165) is 18.4 Å². The third-order valence-corrected chi connectivity index (χ3v) is 3.32. The largest absolute Gasteiger partial charge is 0.390 e. The van der Waals surface area contributed by atoms with Crippen molar-refractivity contribution in [2.45, 2.75) is 44.5 Å². The van der Waals surface area contributed by atoms with Gasteiger partial charge in [-0.25, -0.2) is 0 Å². The number of pyridine rings is 1. The monoisotopic (exact) mass is 241 g/mol. The van der Waals surface area contributed by atoms with E-state index in [1.807, 2.05) is 13.0 Å². The lowest BCUT2D eigenvalue weighted by Crippen LogP contribution is -2.28. The maximum atomic E-state index is 10.0. The first-order valence-electron chi connectivity index (χ1n) is 5.58. The van der Waals surface area contributed by atoms with Crippen LogP contribution in [0.3, 0.4) is 0 Å². The van der Waals surface area contributed by atoms with Crippen molar-refractivity contribution in [1.82, 2.24) is 4.98 Å². The number of halogens is 1. The second kappa shape index (κ2) is 5.13. The van der Waals surface area contributed by atoms with Crippen LogP contribution in [-0.4, -0.2) is 28.4 Å². The fourth-order valence-electron chi connectivity index (χ4n) is 2.04. The number of ether oxygens (including phenoxy) is 1. The Kier molecular flexibility index (Phi) is 3.79. The highest BCUT2D eigenvalue weighted by atomic mass is 35.5. The minimum Gasteiger partial charge on any atom is -0.390 e. The molecule has 88 valence electrons. The van der Waals surface area contributed by atoms with Crippen molar-refractivity contribution >= 4 is 11.6 Å². The topological polar surface area (TPSA) is 42.4 Å². The third kappa shape index (κ3) is 2.73. The van der Waals surface area contributed by atoms with Crippen molar-refractivity contribution in [2.24, 2.45) is 0 Å². The maximum Gasteiger partial charge on any atom is 0.0842 e. The molecule has 0 saturated carbocycles. The molecular weight excluding hydrogens is 226 g/mol. The van der Waals surface area contributed by atoms with Gasteiger partial charge in [0.25, 0.3) is 0 Å². The molecule has 0 radical (unpaired) electrons. The minimum atomic E-state index is -0.482. The van der Waals surface area contributed by atoms with E-state index in [4.69, 9.17) is 16.3 Å². The highest BCUT2D eigenvalue weighted by Crippen LogP contribution is 2.25. The summed E-state index contributed by atoms with van der Waals surface area (Å²) in [7, 11) is 0. The van der Waals surface area contributed by atoms with Crippen LogP contribution in [0, 0.1) is 0 Å². The average molecular weight is 242 g/mol. The van der Waals surface area contributed by atoms with Gasteiger partial charge in [0.15, 0.2) is 0 Å². The van der Waals surface area contributed by atoms with Gasteiger partial charge in [0.2, 0.25) is 0 Å². The molecule has 2 heterocycles. The SMILES string of the molecule is CC1CCC(C(O)Cc2ccncc2Cl)O1. The van der Waals surface area contributed by atoms with Crippen LogP contribution in [0.2, 0.25) is 5.02 Å². The van der Waals surface area contributed by atoms with E-state index in [9.17, 15) is 5.11 Å².